The molecule has 1 aliphatic heterocycles. The molecular weight excluding hydrogens is 386 g/mol. The van der Waals surface area contributed by atoms with Gasteiger partial charge in [0.15, 0.2) is 9.84 Å². The first kappa shape index (κ1) is 19.2. The van der Waals surface area contributed by atoms with E-state index in [1.54, 1.807) is 11.0 Å². The molecule has 148 valence electrons. The van der Waals surface area contributed by atoms with E-state index in [1.807, 2.05) is 18.2 Å². The molecule has 1 amide bonds. The lowest BCUT2D eigenvalue weighted by atomic mass is 9.99. The standard InChI is InChI=1S/C23H21NO4S/c1-28-21-11-10-17(14-22(21)29(2,26)27)23(25)24-13-12-18(15-24)20-9-5-7-16-6-3-4-8-19(16)20/h3-12,14H,13,15H2,1-2H3. The Kier molecular flexibility index (Phi) is 4.88. The lowest BCUT2D eigenvalue weighted by Crippen LogP contribution is -2.29. The van der Waals surface area contributed by atoms with Crippen molar-refractivity contribution in [2.75, 3.05) is 26.5 Å². The number of ether oxygens (including phenoxy) is 1. The third-order valence-corrected chi connectivity index (χ3v) is 6.27. The highest BCUT2D eigenvalue weighted by Crippen LogP contribution is 2.30. The van der Waals surface area contributed by atoms with Gasteiger partial charge in [-0.05, 0) is 40.1 Å². The van der Waals surface area contributed by atoms with Crippen LogP contribution >= 0.6 is 0 Å². The van der Waals surface area contributed by atoms with Crippen LogP contribution in [0.1, 0.15) is 15.9 Å². The maximum atomic E-state index is 13.0. The molecule has 0 atom stereocenters. The molecule has 1 aliphatic rings. The summed E-state index contributed by atoms with van der Waals surface area (Å²) < 4.78 is 29.2. The number of methoxy groups -OCH3 is 1. The van der Waals surface area contributed by atoms with E-state index in [-0.39, 0.29) is 16.6 Å². The first-order valence-electron chi connectivity index (χ1n) is 9.23. The molecule has 6 heteroatoms. The van der Waals surface area contributed by atoms with Gasteiger partial charge in [-0.15, -0.1) is 0 Å². The summed E-state index contributed by atoms with van der Waals surface area (Å²) in [7, 11) is -2.10. The Labute approximate surface area is 170 Å². The van der Waals surface area contributed by atoms with E-state index in [1.165, 1.54) is 19.2 Å². The van der Waals surface area contributed by atoms with E-state index in [2.05, 4.69) is 30.3 Å². The average molecular weight is 407 g/mol. The fraction of sp³-hybridized carbons (Fsp3) is 0.174. The molecule has 0 spiro atoms. The van der Waals surface area contributed by atoms with Gasteiger partial charge in [0.1, 0.15) is 10.6 Å². The molecule has 5 nitrogen and oxygen atoms in total. The van der Waals surface area contributed by atoms with E-state index in [4.69, 9.17) is 4.74 Å². The van der Waals surface area contributed by atoms with Gasteiger partial charge >= 0.3 is 0 Å². The molecule has 4 rings (SSSR count). The highest BCUT2D eigenvalue weighted by molar-refractivity contribution is 7.90. The number of hydrogen-bond donors (Lipinski definition) is 0. The van der Waals surface area contributed by atoms with Gasteiger partial charge in [0.25, 0.3) is 5.91 Å². The largest absolute Gasteiger partial charge is 0.495 e. The zero-order chi connectivity index (χ0) is 20.6. The summed E-state index contributed by atoms with van der Waals surface area (Å²) in [6.07, 6.45) is 3.16. The summed E-state index contributed by atoms with van der Waals surface area (Å²) in [5, 5.41) is 2.31. The monoisotopic (exact) mass is 407 g/mol. The van der Waals surface area contributed by atoms with Gasteiger partial charge in [-0.1, -0.05) is 48.5 Å². The Morgan fingerprint density at radius 3 is 2.55 bits per heavy atom. The fourth-order valence-electron chi connectivity index (χ4n) is 3.69. The van der Waals surface area contributed by atoms with Gasteiger partial charge < -0.3 is 9.64 Å². The summed E-state index contributed by atoms with van der Waals surface area (Å²) in [5.41, 5.74) is 2.54. The molecule has 0 N–H and O–H groups in total. The molecule has 3 aromatic carbocycles. The highest BCUT2D eigenvalue weighted by Gasteiger charge is 2.24. The van der Waals surface area contributed by atoms with Crippen molar-refractivity contribution in [3.63, 3.8) is 0 Å². The smallest absolute Gasteiger partial charge is 0.254 e. The number of benzene rings is 3. The van der Waals surface area contributed by atoms with E-state index in [0.717, 1.165) is 28.2 Å². The van der Waals surface area contributed by atoms with Crippen LogP contribution in [0.2, 0.25) is 0 Å². The van der Waals surface area contributed by atoms with Crippen LogP contribution in [0.3, 0.4) is 0 Å². The number of fused-ring (bicyclic) bond motifs is 1. The molecule has 0 saturated carbocycles. The second-order valence-corrected chi connectivity index (χ2v) is 9.06. The molecule has 0 radical (unpaired) electrons. The van der Waals surface area contributed by atoms with Gasteiger partial charge in [0, 0.05) is 24.9 Å². The van der Waals surface area contributed by atoms with Crippen molar-refractivity contribution >= 4 is 32.1 Å². The van der Waals surface area contributed by atoms with Crippen molar-refractivity contribution in [3.05, 3.63) is 77.9 Å². The van der Waals surface area contributed by atoms with Crippen molar-refractivity contribution in [1.82, 2.24) is 4.90 Å². The van der Waals surface area contributed by atoms with Crippen LogP contribution in [0.4, 0.5) is 0 Å². The number of sulfone groups is 1. The van der Waals surface area contributed by atoms with Crippen molar-refractivity contribution in [1.29, 1.82) is 0 Å². The Morgan fingerprint density at radius 2 is 1.79 bits per heavy atom. The summed E-state index contributed by atoms with van der Waals surface area (Å²) in [6, 6.07) is 18.8. The van der Waals surface area contributed by atoms with Crippen LogP contribution in [-0.4, -0.2) is 45.7 Å². The Balaban J connectivity index is 1.61. The van der Waals surface area contributed by atoms with Crippen molar-refractivity contribution in [2.45, 2.75) is 4.90 Å². The predicted octanol–water partition coefficient (Wildman–Crippen LogP) is 3.79. The van der Waals surface area contributed by atoms with E-state index in [9.17, 15) is 13.2 Å². The lowest BCUT2D eigenvalue weighted by molar-refractivity contribution is 0.0801. The summed E-state index contributed by atoms with van der Waals surface area (Å²) >= 11 is 0. The first-order chi connectivity index (χ1) is 13.9. The predicted molar refractivity (Wildman–Crippen MR) is 114 cm³/mol. The molecule has 3 aromatic rings. The van der Waals surface area contributed by atoms with Crippen LogP contribution in [-0.2, 0) is 9.84 Å². The van der Waals surface area contributed by atoms with Crippen molar-refractivity contribution in [2.24, 2.45) is 0 Å². The van der Waals surface area contributed by atoms with E-state index >= 15 is 0 Å². The molecule has 0 unspecified atom stereocenters. The Bertz CT molecular complexity index is 1240. The molecule has 0 aromatic heterocycles. The quantitative estimate of drug-likeness (QED) is 0.660. The molecule has 0 aliphatic carbocycles. The molecule has 0 bridgehead atoms. The fourth-order valence-corrected chi connectivity index (χ4v) is 4.55. The normalized spacial score (nSPS) is 14.1. The molecule has 0 saturated heterocycles. The van der Waals surface area contributed by atoms with Gasteiger partial charge in [0.05, 0.1) is 7.11 Å². The zero-order valence-electron chi connectivity index (χ0n) is 16.3. The highest BCUT2D eigenvalue weighted by atomic mass is 32.2. The SMILES string of the molecule is COc1ccc(C(=O)N2CC=C(c3cccc4ccccc34)C2)cc1S(C)(=O)=O. The lowest BCUT2D eigenvalue weighted by Gasteiger charge is -2.18. The number of hydrogen-bond acceptors (Lipinski definition) is 4. The second-order valence-electron chi connectivity index (χ2n) is 7.08. The third-order valence-electron chi connectivity index (χ3n) is 5.15. The van der Waals surface area contributed by atoms with Crippen LogP contribution < -0.4 is 4.74 Å². The second kappa shape index (κ2) is 7.37. The summed E-state index contributed by atoms with van der Waals surface area (Å²) in [5.74, 6) is 0.0316. The maximum Gasteiger partial charge on any atom is 0.254 e. The number of carbonyl (C=O) groups is 1. The van der Waals surface area contributed by atoms with E-state index in [0.29, 0.717) is 18.7 Å². The van der Waals surface area contributed by atoms with Crippen LogP contribution in [0, 0.1) is 0 Å². The van der Waals surface area contributed by atoms with Crippen LogP contribution in [0.5, 0.6) is 5.75 Å². The van der Waals surface area contributed by atoms with Gasteiger partial charge in [-0.25, -0.2) is 8.42 Å². The van der Waals surface area contributed by atoms with Crippen LogP contribution in [0.25, 0.3) is 16.3 Å². The minimum absolute atomic E-state index is 0.0206. The summed E-state index contributed by atoms with van der Waals surface area (Å²) in [6.45, 7) is 0.963. The maximum absolute atomic E-state index is 13.0. The molecule has 0 fully saturated rings. The number of carbonyl (C=O) groups excluding carboxylic acids is 1. The summed E-state index contributed by atoms with van der Waals surface area (Å²) in [4.78, 5) is 14.8. The molecule has 1 heterocycles. The zero-order valence-corrected chi connectivity index (χ0v) is 17.1. The van der Waals surface area contributed by atoms with Crippen molar-refractivity contribution in [3.8, 4) is 5.75 Å². The number of nitrogens with zero attached hydrogens (tertiary/aromatic N) is 1. The topological polar surface area (TPSA) is 63.7 Å². The van der Waals surface area contributed by atoms with Crippen LogP contribution in [0.15, 0.2) is 71.6 Å². The number of amides is 1. The average Bonchev–Trinajstić information content (AvgIpc) is 3.21. The van der Waals surface area contributed by atoms with E-state index < -0.39 is 9.84 Å². The molecule has 29 heavy (non-hydrogen) atoms. The van der Waals surface area contributed by atoms with Gasteiger partial charge in [-0.3, -0.25) is 4.79 Å². The molecular formula is C23H21NO4S. The minimum Gasteiger partial charge on any atom is -0.495 e. The van der Waals surface area contributed by atoms with Crippen molar-refractivity contribution < 1.29 is 17.9 Å². The Hall–Kier alpha value is -3.12. The van der Waals surface area contributed by atoms with Gasteiger partial charge in [-0.2, -0.15) is 0 Å². The minimum atomic E-state index is -3.51. The third kappa shape index (κ3) is 3.63. The first-order valence-corrected chi connectivity index (χ1v) is 11.1. The van der Waals surface area contributed by atoms with Gasteiger partial charge in [0.2, 0.25) is 0 Å². The number of rotatable bonds is 4. The Morgan fingerprint density at radius 1 is 1.03 bits per heavy atom.